The number of hydrogen-bond acceptors (Lipinski definition) is 8. The molecule has 0 amide bonds. The molecule has 0 spiro atoms. The zero-order chi connectivity index (χ0) is 21.5. The number of nitrogens with zero attached hydrogens (tertiary/aromatic N) is 7. The van der Waals surface area contributed by atoms with Crippen LogP contribution in [0.4, 0.5) is 11.8 Å². The van der Waals surface area contributed by atoms with Crippen molar-refractivity contribution in [2.45, 2.75) is 0 Å². The minimum absolute atomic E-state index is 0.457. The Morgan fingerprint density at radius 3 is 2.66 bits per heavy atom. The normalized spacial score (nSPS) is 11.3. The van der Waals surface area contributed by atoms with Crippen molar-refractivity contribution in [3.63, 3.8) is 0 Å². The first-order chi connectivity index (χ1) is 15.8. The summed E-state index contributed by atoms with van der Waals surface area (Å²) in [7, 11) is 1.65. The number of thiazole rings is 1. The zero-order valence-electron chi connectivity index (χ0n) is 16.9. The van der Waals surface area contributed by atoms with Crippen LogP contribution < -0.4 is 10.1 Å². The monoisotopic (exact) mass is 440 g/mol. The fraction of sp³-hybridized carbons (Fsp3) is 0.0455. The Bertz CT molecular complexity index is 1540. The van der Waals surface area contributed by atoms with Gasteiger partial charge in [-0.3, -0.25) is 0 Å². The first kappa shape index (κ1) is 18.5. The highest BCUT2D eigenvalue weighted by Crippen LogP contribution is 2.29. The molecule has 32 heavy (non-hydrogen) atoms. The molecule has 0 fully saturated rings. The van der Waals surface area contributed by atoms with Crippen LogP contribution >= 0.6 is 11.3 Å². The van der Waals surface area contributed by atoms with Gasteiger partial charge in [-0.15, -0.1) is 16.4 Å². The number of hydrogen-bond donors (Lipinski definition) is 1. The standard InChI is InChI=1S/C22H16N8OS/c1-31-16-9-7-14(8-10-16)18-12-32-22-27-21(28-30(18)22)26-19-17-11-25-29(20(17)24-13-23-19)15-5-3-2-4-6-15/h2-13H,1H3,(H,23,24,26,28). The number of para-hydroxylation sites is 1. The molecule has 6 rings (SSSR count). The maximum atomic E-state index is 5.25. The van der Waals surface area contributed by atoms with Crippen molar-refractivity contribution >= 4 is 39.1 Å². The van der Waals surface area contributed by atoms with E-state index in [2.05, 4.69) is 30.5 Å². The SMILES string of the molecule is COc1ccc(-c2csc3nc(Nc4ncnc5c4cnn5-c4ccccc4)nn23)cc1. The summed E-state index contributed by atoms with van der Waals surface area (Å²) in [5.74, 6) is 1.87. The average molecular weight is 440 g/mol. The summed E-state index contributed by atoms with van der Waals surface area (Å²) in [6.45, 7) is 0. The maximum Gasteiger partial charge on any atom is 0.249 e. The van der Waals surface area contributed by atoms with Gasteiger partial charge in [-0.05, 0) is 36.4 Å². The van der Waals surface area contributed by atoms with Crippen LogP contribution in [0.2, 0.25) is 0 Å². The van der Waals surface area contributed by atoms with Crippen molar-refractivity contribution < 1.29 is 4.74 Å². The summed E-state index contributed by atoms with van der Waals surface area (Å²) in [6.07, 6.45) is 3.25. The van der Waals surface area contributed by atoms with Crippen molar-refractivity contribution in [3.8, 4) is 22.7 Å². The van der Waals surface area contributed by atoms with Crippen LogP contribution in [0.3, 0.4) is 0 Å². The molecule has 2 aromatic carbocycles. The molecule has 4 aromatic heterocycles. The number of benzene rings is 2. The lowest BCUT2D eigenvalue weighted by atomic mass is 10.2. The number of fused-ring (bicyclic) bond motifs is 2. The quantitative estimate of drug-likeness (QED) is 0.426. The molecule has 0 aliphatic heterocycles. The molecule has 0 radical (unpaired) electrons. The minimum Gasteiger partial charge on any atom is -0.497 e. The second kappa shape index (κ2) is 7.43. The summed E-state index contributed by atoms with van der Waals surface area (Å²) in [6, 6.07) is 17.7. The van der Waals surface area contributed by atoms with Gasteiger partial charge in [0.2, 0.25) is 10.9 Å². The fourth-order valence-electron chi connectivity index (χ4n) is 3.50. The molecule has 4 heterocycles. The average Bonchev–Trinajstić information content (AvgIpc) is 3.54. The van der Waals surface area contributed by atoms with E-state index in [0.717, 1.165) is 33.0 Å². The highest BCUT2D eigenvalue weighted by Gasteiger charge is 2.15. The number of ether oxygens (including phenoxy) is 1. The summed E-state index contributed by atoms with van der Waals surface area (Å²) < 4.78 is 8.85. The third-order valence-electron chi connectivity index (χ3n) is 5.06. The van der Waals surface area contributed by atoms with Gasteiger partial charge in [0, 0.05) is 10.9 Å². The van der Waals surface area contributed by atoms with Gasteiger partial charge in [0.05, 0.1) is 30.1 Å². The van der Waals surface area contributed by atoms with E-state index >= 15 is 0 Å². The van der Waals surface area contributed by atoms with Crippen LogP contribution in [0, 0.1) is 0 Å². The topological polar surface area (TPSA) is 95.0 Å². The smallest absolute Gasteiger partial charge is 0.249 e. The maximum absolute atomic E-state index is 5.25. The van der Waals surface area contributed by atoms with E-state index in [4.69, 9.17) is 4.74 Å². The number of aromatic nitrogens is 7. The molecular weight excluding hydrogens is 424 g/mol. The minimum atomic E-state index is 0.457. The Kier molecular flexibility index (Phi) is 4.29. The van der Waals surface area contributed by atoms with E-state index < -0.39 is 0 Å². The van der Waals surface area contributed by atoms with E-state index in [0.29, 0.717) is 17.4 Å². The highest BCUT2D eigenvalue weighted by molar-refractivity contribution is 7.15. The van der Waals surface area contributed by atoms with Crippen LogP contribution in [0.15, 0.2) is 72.5 Å². The van der Waals surface area contributed by atoms with Gasteiger partial charge in [-0.2, -0.15) is 10.1 Å². The Labute approximate surface area is 186 Å². The highest BCUT2D eigenvalue weighted by atomic mass is 32.1. The van der Waals surface area contributed by atoms with Crippen molar-refractivity contribution in [1.29, 1.82) is 0 Å². The third-order valence-corrected chi connectivity index (χ3v) is 5.88. The van der Waals surface area contributed by atoms with Crippen molar-refractivity contribution in [2.24, 2.45) is 0 Å². The molecular formula is C22H16N8OS. The third kappa shape index (κ3) is 3.05. The predicted molar refractivity (Wildman–Crippen MR) is 123 cm³/mol. The van der Waals surface area contributed by atoms with Gasteiger partial charge in [0.25, 0.3) is 0 Å². The molecule has 0 unspecified atom stereocenters. The molecule has 9 nitrogen and oxygen atoms in total. The molecule has 0 saturated carbocycles. The Hall–Kier alpha value is -4.31. The Balaban J connectivity index is 1.36. The van der Waals surface area contributed by atoms with Gasteiger partial charge in [0.1, 0.15) is 17.9 Å². The molecule has 0 saturated heterocycles. The zero-order valence-corrected chi connectivity index (χ0v) is 17.7. The van der Waals surface area contributed by atoms with Crippen LogP contribution in [0.25, 0.3) is 32.9 Å². The van der Waals surface area contributed by atoms with Crippen molar-refractivity contribution in [1.82, 2.24) is 34.3 Å². The summed E-state index contributed by atoms with van der Waals surface area (Å²) in [5, 5.41) is 15.2. The van der Waals surface area contributed by atoms with E-state index in [1.165, 1.54) is 17.7 Å². The summed E-state index contributed by atoms with van der Waals surface area (Å²) in [5.41, 5.74) is 3.62. The number of rotatable bonds is 5. The van der Waals surface area contributed by atoms with Crippen LogP contribution in [0.1, 0.15) is 0 Å². The molecule has 6 aromatic rings. The van der Waals surface area contributed by atoms with E-state index in [1.54, 1.807) is 18.0 Å². The largest absolute Gasteiger partial charge is 0.497 e. The summed E-state index contributed by atoms with van der Waals surface area (Å²) in [4.78, 5) is 14.2. The fourth-order valence-corrected chi connectivity index (χ4v) is 4.33. The van der Waals surface area contributed by atoms with Crippen molar-refractivity contribution in [3.05, 3.63) is 72.5 Å². The number of anilines is 2. The van der Waals surface area contributed by atoms with Gasteiger partial charge in [0.15, 0.2) is 5.65 Å². The van der Waals surface area contributed by atoms with Crippen LogP contribution in [-0.2, 0) is 0 Å². The van der Waals surface area contributed by atoms with Gasteiger partial charge >= 0.3 is 0 Å². The molecule has 0 bridgehead atoms. The van der Waals surface area contributed by atoms with E-state index in [9.17, 15) is 0 Å². The van der Waals surface area contributed by atoms with Crippen LogP contribution in [-0.4, -0.2) is 41.5 Å². The van der Waals surface area contributed by atoms with Gasteiger partial charge in [-0.25, -0.2) is 19.2 Å². The van der Waals surface area contributed by atoms with Gasteiger partial charge in [-0.1, -0.05) is 18.2 Å². The first-order valence-electron chi connectivity index (χ1n) is 9.80. The second-order valence-corrected chi connectivity index (χ2v) is 7.79. The van der Waals surface area contributed by atoms with Crippen LogP contribution in [0.5, 0.6) is 5.75 Å². The molecule has 0 aliphatic carbocycles. The molecule has 10 heteroatoms. The van der Waals surface area contributed by atoms with Crippen molar-refractivity contribution in [2.75, 3.05) is 12.4 Å². The van der Waals surface area contributed by atoms with Gasteiger partial charge < -0.3 is 10.1 Å². The summed E-state index contributed by atoms with van der Waals surface area (Å²) >= 11 is 1.52. The number of methoxy groups -OCH3 is 1. The Morgan fingerprint density at radius 1 is 1.00 bits per heavy atom. The predicted octanol–water partition coefficient (Wildman–Crippen LogP) is 4.34. The lowest BCUT2D eigenvalue weighted by Crippen LogP contribution is -2.00. The van der Waals surface area contributed by atoms with E-state index in [1.807, 2.05) is 64.5 Å². The molecule has 0 aliphatic rings. The lowest BCUT2D eigenvalue weighted by Gasteiger charge is -2.04. The molecule has 1 N–H and O–H groups in total. The molecule has 0 atom stereocenters. The lowest BCUT2D eigenvalue weighted by molar-refractivity contribution is 0.415. The Morgan fingerprint density at radius 2 is 1.84 bits per heavy atom. The second-order valence-electron chi connectivity index (χ2n) is 6.96. The first-order valence-corrected chi connectivity index (χ1v) is 10.7. The molecule has 156 valence electrons. The van der Waals surface area contributed by atoms with E-state index in [-0.39, 0.29) is 0 Å². The number of nitrogens with one attached hydrogen (secondary N) is 1.